The lowest BCUT2D eigenvalue weighted by atomic mass is 9.63. The number of hydrogen-bond acceptors (Lipinski definition) is 0. The third kappa shape index (κ3) is 5.74. The first-order valence-electron chi connectivity index (χ1n) is 12.0. The van der Waals surface area contributed by atoms with Crippen molar-refractivity contribution in [3.8, 4) is 0 Å². The second-order valence-corrected chi connectivity index (χ2v) is 9.63. The summed E-state index contributed by atoms with van der Waals surface area (Å²) in [6, 6.07) is 0. The van der Waals surface area contributed by atoms with Crippen molar-refractivity contribution in [1.29, 1.82) is 0 Å². The normalized spacial score (nSPS) is 29.9. The molecule has 5 atom stereocenters. The SMILES string of the molecule is CCCCCC(C)CC1C(CCCC)C(C)C(C)C1(CCC)CCC. The quantitative estimate of drug-likeness (QED) is 0.291. The molecule has 25 heavy (non-hydrogen) atoms. The van der Waals surface area contributed by atoms with Crippen molar-refractivity contribution in [3.05, 3.63) is 0 Å². The van der Waals surface area contributed by atoms with Crippen LogP contribution < -0.4 is 0 Å². The van der Waals surface area contributed by atoms with E-state index < -0.39 is 0 Å². The molecular weight excluding hydrogens is 300 g/mol. The summed E-state index contributed by atoms with van der Waals surface area (Å²) in [4.78, 5) is 0. The fourth-order valence-electron chi connectivity index (χ4n) is 6.51. The lowest BCUT2D eigenvalue weighted by Crippen LogP contribution is -2.34. The zero-order valence-corrected chi connectivity index (χ0v) is 18.9. The summed E-state index contributed by atoms with van der Waals surface area (Å²) in [5.74, 6) is 4.74. The third-order valence-electron chi connectivity index (χ3n) is 7.90. The molecule has 0 bridgehead atoms. The van der Waals surface area contributed by atoms with E-state index in [1.54, 1.807) is 0 Å². The zero-order valence-electron chi connectivity index (χ0n) is 18.9. The van der Waals surface area contributed by atoms with Gasteiger partial charge in [-0.2, -0.15) is 0 Å². The minimum absolute atomic E-state index is 0.639. The van der Waals surface area contributed by atoms with Crippen LogP contribution in [0.3, 0.4) is 0 Å². The Balaban J connectivity index is 2.99. The van der Waals surface area contributed by atoms with E-state index in [0.717, 1.165) is 29.6 Å². The molecule has 1 aliphatic carbocycles. The Morgan fingerprint density at radius 2 is 1.40 bits per heavy atom. The highest BCUT2D eigenvalue weighted by molar-refractivity contribution is 5.03. The van der Waals surface area contributed by atoms with E-state index in [9.17, 15) is 0 Å². The second kappa shape index (κ2) is 11.7. The van der Waals surface area contributed by atoms with Gasteiger partial charge in [0, 0.05) is 0 Å². The molecule has 0 saturated heterocycles. The monoisotopic (exact) mass is 350 g/mol. The van der Waals surface area contributed by atoms with Crippen LogP contribution in [0.15, 0.2) is 0 Å². The van der Waals surface area contributed by atoms with Crippen LogP contribution in [0.4, 0.5) is 0 Å². The van der Waals surface area contributed by atoms with Crippen molar-refractivity contribution >= 4 is 0 Å². The Labute approximate surface area is 160 Å². The fraction of sp³-hybridized carbons (Fsp3) is 1.00. The van der Waals surface area contributed by atoms with Crippen molar-refractivity contribution in [2.75, 3.05) is 0 Å². The molecule has 0 radical (unpaired) electrons. The number of hydrogen-bond donors (Lipinski definition) is 0. The van der Waals surface area contributed by atoms with Gasteiger partial charge >= 0.3 is 0 Å². The van der Waals surface area contributed by atoms with E-state index in [-0.39, 0.29) is 0 Å². The number of unbranched alkanes of at least 4 members (excludes halogenated alkanes) is 3. The minimum Gasteiger partial charge on any atom is -0.0654 e. The maximum atomic E-state index is 2.62. The van der Waals surface area contributed by atoms with Gasteiger partial charge in [-0.25, -0.2) is 0 Å². The predicted octanol–water partition coefficient (Wildman–Crippen LogP) is 8.89. The van der Waals surface area contributed by atoms with Gasteiger partial charge < -0.3 is 0 Å². The molecule has 0 aliphatic heterocycles. The molecule has 0 heteroatoms. The van der Waals surface area contributed by atoms with Crippen molar-refractivity contribution in [1.82, 2.24) is 0 Å². The van der Waals surface area contributed by atoms with Crippen LogP contribution in [0.5, 0.6) is 0 Å². The summed E-state index contributed by atoms with van der Waals surface area (Å²) in [6.45, 7) is 17.3. The summed E-state index contributed by atoms with van der Waals surface area (Å²) in [6.07, 6.45) is 17.2. The predicted molar refractivity (Wildman–Crippen MR) is 115 cm³/mol. The molecule has 0 heterocycles. The topological polar surface area (TPSA) is 0 Å². The first-order valence-corrected chi connectivity index (χ1v) is 12.0. The summed E-state index contributed by atoms with van der Waals surface area (Å²) in [7, 11) is 0. The highest BCUT2D eigenvalue weighted by Crippen LogP contribution is 2.62. The Bertz CT molecular complexity index is 325. The molecule has 1 fully saturated rings. The van der Waals surface area contributed by atoms with Gasteiger partial charge in [0.2, 0.25) is 0 Å². The van der Waals surface area contributed by atoms with Crippen LogP contribution >= 0.6 is 0 Å². The maximum Gasteiger partial charge on any atom is -0.0238 e. The van der Waals surface area contributed by atoms with Crippen LogP contribution in [-0.2, 0) is 0 Å². The van der Waals surface area contributed by atoms with Gasteiger partial charge in [0.05, 0.1) is 0 Å². The van der Waals surface area contributed by atoms with Crippen molar-refractivity contribution in [2.45, 2.75) is 126 Å². The van der Waals surface area contributed by atoms with Gasteiger partial charge in [-0.1, -0.05) is 99.8 Å². The average Bonchev–Trinajstić information content (AvgIpc) is 2.76. The Morgan fingerprint density at radius 3 is 1.92 bits per heavy atom. The molecule has 1 rings (SSSR count). The Kier molecular flexibility index (Phi) is 10.7. The summed E-state index contributed by atoms with van der Waals surface area (Å²) in [5, 5.41) is 0. The standard InChI is InChI=1S/C25H50/c1-8-12-14-15-20(5)19-24-23(16-13-9-2)21(6)22(7)25(24,17-10-3)18-11-4/h20-24H,8-19H2,1-7H3. The summed E-state index contributed by atoms with van der Waals surface area (Å²) in [5.41, 5.74) is 0.639. The highest BCUT2D eigenvalue weighted by atomic mass is 14.6. The van der Waals surface area contributed by atoms with Crippen LogP contribution in [0.2, 0.25) is 0 Å². The van der Waals surface area contributed by atoms with E-state index in [2.05, 4.69) is 48.5 Å². The molecule has 0 aromatic rings. The molecule has 0 spiro atoms. The molecule has 1 saturated carbocycles. The van der Waals surface area contributed by atoms with E-state index in [4.69, 9.17) is 0 Å². The van der Waals surface area contributed by atoms with Crippen molar-refractivity contribution in [2.24, 2.45) is 35.0 Å². The van der Waals surface area contributed by atoms with Gasteiger partial charge in [-0.15, -0.1) is 0 Å². The van der Waals surface area contributed by atoms with Gasteiger partial charge in [-0.3, -0.25) is 0 Å². The van der Waals surface area contributed by atoms with Gasteiger partial charge in [0.25, 0.3) is 0 Å². The van der Waals surface area contributed by atoms with Crippen LogP contribution in [0.1, 0.15) is 126 Å². The molecule has 0 amide bonds. The van der Waals surface area contributed by atoms with E-state index in [0.29, 0.717) is 5.41 Å². The third-order valence-corrected chi connectivity index (χ3v) is 7.90. The van der Waals surface area contributed by atoms with Crippen LogP contribution in [0.25, 0.3) is 0 Å². The Hall–Kier alpha value is 0. The summed E-state index contributed by atoms with van der Waals surface area (Å²) >= 11 is 0. The van der Waals surface area contributed by atoms with Crippen molar-refractivity contribution < 1.29 is 0 Å². The van der Waals surface area contributed by atoms with Crippen molar-refractivity contribution in [3.63, 3.8) is 0 Å². The smallest absolute Gasteiger partial charge is 0.0238 e. The van der Waals surface area contributed by atoms with Crippen LogP contribution in [-0.4, -0.2) is 0 Å². The van der Waals surface area contributed by atoms with Gasteiger partial charge in [0.1, 0.15) is 0 Å². The lowest BCUT2D eigenvalue weighted by Gasteiger charge is -2.42. The molecule has 0 N–H and O–H groups in total. The zero-order chi connectivity index (χ0) is 18.9. The maximum absolute atomic E-state index is 2.62. The average molecular weight is 351 g/mol. The molecule has 0 aromatic heterocycles. The molecule has 5 unspecified atom stereocenters. The highest BCUT2D eigenvalue weighted by Gasteiger charge is 2.54. The lowest BCUT2D eigenvalue weighted by molar-refractivity contribution is 0.0732. The van der Waals surface area contributed by atoms with Gasteiger partial charge in [-0.05, 0) is 60.7 Å². The van der Waals surface area contributed by atoms with E-state index in [1.807, 2.05) is 0 Å². The summed E-state index contributed by atoms with van der Waals surface area (Å²) < 4.78 is 0. The van der Waals surface area contributed by atoms with E-state index >= 15 is 0 Å². The first-order chi connectivity index (χ1) is 12.0. The van der Waals surface area contributed by atoms with Gasteiger partial charge in [0.15, 0.2) is 0 Å². The molecule has 0 aromatic carbocycles. The number of rotatable bonds is 13. The van der Waals surface area contributed by atoms with Crippen LogP contribution in [0, 0.1) is 35.0 Å². The Morgan fingerprint density at radius 1 is 0.800 bits per heavy atom. The minimum atomic E-state index is 0.639. The second-order valence-electron chi connectivity index (χ2n) is 9.63. The molecule has 1 aliphatic rings. The fourth-order valence-corrected chi connectivity index (χ4v) is 6.51. The molecular formula is C25H50. The molecule has 0 nitrogen and oxygen atoms in total. The first kappa shape index (κ1) is 23.0. The molecule has 150 valence electrons. The van der Waals surface area contributed by atoms with E-state index in [1.165, 1.54) is 77.0 Å². The largest absolute Gasteiger partial charge is 0.0654 e.